The molecule has 1 aromatic heterocycles. The summed E-state index contributed by atoms with van der Waals surface area (Å²) in [4.78, 5) is 0. The minimum Gasteiger partial charge on any atom is -0.341 e. The first kappa shape index (κ1) is 12.2. The first-order chi connectivity index (χ1) is 7.84. The molecule has 0 aliphatic heterocycles. The smallest absolute Gasteiger partial charge is 0.0487 e. The van der Waals surface area contributed by atoms with Crippen molar-refractivity contribution in [2.75, 3.05) is 0 Å². The maximum atomic E-state index is 2.49. The van der Waals surface area contributed by atoms with Crippen LogP contribution in [0.1, 0.15) is 51.9 Å². The number of para-hydroxylation sites is 1. The molecule has 0 amide bonds. The summed E-state index contributed by atoms with van der Waals surface area (Å²) in [6.07, 6.45) is 0. The lowest BCUT2D eigenvalue weighted by atomic mass is 9.89. The second-order valence-electron chi connectivity index (χ2n) is 6.20. The molecule has 0 fully saturated rings. The lowest BCUT2D eigenvalue weighted by molar-refractivity contribution is 0.491. The van der Waals surface area contributed by atoms with Gasteiger partial charge in [-0.2, -0.15) is 0 Å². The third-order valence-electron chi connectivity index (χ3n) is 3.39. The van der Waals surface area contributed by atoms with Gasteiger partial charge in [-0.3, -0.25) is 0 Å². The van der Waals surface area contributed by atoms with Crippen molar-refractivity contribution in [3.05, 3.63) is 35.5 Å². The molecule has 1 nitrogen and oxygen atoms in total. The van der Waals surface area contributed by atoms with E-state index in [1.54, 1.807) is 0 Å². The number of aryl methyl sites for hydroxylation is 1. The predicted octanol–water partition coefficient (Wildman–Crippen LogP) is 4.83. The molecular formula is C16H23N. The van der Waals surface area contributed by atoms with Gasteiger partial charge >= 0.3 is 0 Å². The van der Waals surface area contributed by atoms with Gasteiger partial charge in [0.2, 0.25) is 0 Å². The maximum absolute atomic E-state index is 2.49. The predicted molar refractivity (Wildman–Crippen MR) is 75.8 cm³/mol. The van der Waals surface area contributed by atoms with Crippen LogP contribution in [-0.2, 0) is 5.41 Å². The van der Waals surface area contributed by atoms with E-state index in [1.165, 1.54) is 22.2 Å². The average molecular weight is 229 g/mol. The van der Waals surface area contributed by atoms with Crippen molar-refractivity contribution < 1.29 is 0 Å². The Labute approximate surface area is 104 Å². The fourth-order valence-corrected chi connectivity index (χ4v) is 2.89. The zero-order chi connectivity index (χ0) is 12.8. The summed E-state index contributed by atoms with van der Waals surface area (Å²) in [7, 11) is 0. The highest BCUT2D eigenvalue weighted by Crippen LogP contribution is 2.35. The highest BCUT2D eigenvalue weighted by molar-refractivity contribution is 5.85. The van der Waals surface area contributed by atoms with Gasteiger partial charge in [0.05, 0.1) is 0 Å². The summed E-state index contributed by atoms with van der Waals surface area (Å²) < 4.78 is 2.49. The van der Waals surface area contributed by atoms with Gasteiger partial charge in [0, 0.05) is 28.1 Å². The molecule has 1 heteroatoms. The molecule has 2 rings (SSSR count). The van der Waals surface area contributed by atoms with E-state index in [0.29, 0.717) is 6.04 Å². The Hall–Kier alpha value is -1.24. The molecule has 1 heterocycles. The first-order valence-corrected chi connectivity index (χ1v) is 6.44. The summed E-state index contributed by atoms with van der Waals surface area (Å²) in [6, 6.07) is 9.23. The Bertz CT molecular complexity index is 538. The van der Waals surface area contributed by atoms with Gasteiger partial charge in [-0.15, -0.1) is 0 Å². The quantitative estimate of drug-likeness (QED) is 0.660. The molecule has 92 valence electrons. The van der Waals surface area contributed by atoms with Crippen molar-refractivity contribution in [3.8, 4) is 0 Å². The number of benzene rings is 1. The fourth-order valence-electron chi connectivity index (χ4n) is 2.89. The molecule has 0 bridgehead atoms. The molecule has 0 N–H and O–H groups in total. The molecule has 0 saturated carbocycles. The lowest BCUT2D eigenvalue weighted by Gasteiger charge is -2.25. The molecule has 0 spiro atoms. The second kappa shape index (κ2) is 3.90. The third kappa shape index (κ3) is 1.88. The molecule has 1 aromatic carbocycles. The molecule has 0 aliphatic carbocycles. The van der Waals surface area contributed by atoms with Gasteiger partial charge < -0.3 is 4.57 Å². The zero-order valence-electron chi connectivity index (χ0n) is 11.8. The minimum atomic E-state index is 0.188. The fraction of sp³-hybridized carbons (Fsp3) is 0.500. The Balaban J connectivity index is 2.91. The van der Waals surface area contributed by atoms with Crippen LogP contribution in [0.2, 0.25) is 0 Å². The van der Waals surface area contributed by atoms with Crippen molar-refractivity contribution in [1.82, 2.24) is 4.57 Å². The number of aromatic nitrogens is 1. The van der Waals surface area contributed by atoms with Crippen LogP contribution in [0.25, 0.3) is 10.9 Å². The van der Waals surface area contributed by atoms with E-state index in [-0.39, 0.29) is 5.41 Å². The first-order valence-electron chi connectivity index (χ1n) is 6.44. The van der Waals surface area contributed by atoms with Crippen molar-refractivity contribution in [2.45, 2.75) is 53.0 Å². The summed E-state index contributed by atoms with van der Waals surface area (Å²) >= 11 is 0. The van der Waals surface area contributed by atoms with Crippen LogP contribution in [0.5, 0.6) is 0 Å². The second-order valence-corrected chi connectivity index (χ2v) is 6.20. The molecule has 0 unspecified atom stereocenters. The molecule has 17 heavy (non-hydrogen) atoms. The van der Waals surface area contributed by atoms with Gasteiger partial charge in [0.1, 0.15) is 0 Å². The van der Waals surface area contributed by atoms with Crippen molar-refractivity contribution >= 4 is 10.9 Å². The van der Waals surface area contributed by atoms with Gasteiger partial charge in [0.15, 0.2) is 0 Å². The van der Waals surface area contributed by atoms with E-state index < -0.39 is 0 Å². The van der Waals surface area contributed by atoms with Crippen LogP contribution in [-0.4, -0.2) is 4.57 Å². The lowest BCUT2D eigenvalue weighted by Crippen LogP contribution is -2.20. The SMILES string of the molecule is Cc1c(C(C)(C)C)n(C(C)C)c2ccccc12. The Morgan fingerprint density at radius 2 is 1.65 bits per heavy atom. The van der Waals surface area contributed by atoms with E-state index in [2.05, 4.69) is 70.4 Å². The van der Waals surface area contributed by atoms with Gasteiger partial charge in [-0.05, 0) is 32.4 Å². The normalized spacial score (nSPS) is 12.6. The standard InChI is InChI=1S/C16H23N/c1-11(2)17-14-10-8-7-9-13(14)12(3)15(17)16(4,5)6/h7-11H,1-6H3. The van der Waals surface area contributed by atoms with Gasteiger partial charge in [0.25, 0.3) is 0 Å². The maximum Gasteiger partial charge on any atom is 0.0487 e. The number of nitrogens with zero attached hydrogens (tertiary/aromatic N) is 1. The van der Waals surface area contributed by atoms with Crippen molar-refractivity contribution in [2.24, 2.45) is 0 Å². The Kier molecular flexibility index (Phi) is 2.81. The number of fused-ring (bicyclic) bond motifs is 1. The van der Waals surface area contributed by atoms with Crippen molar-refractivity contribution in [3.63, 3.8) is 0 Å². The highest BCUT2D eigenvalue weighted by atomic mass is 15.0. The summed E-state index contributed by atoms with van der Waals surface area (Å²) in [5.41, 5.74) is 4.45. The minimum absolute atomic E-state index is 0.188. The van der Waals surface area contributed by atoms with E-state index in [9.17, 15) is 0 Å². The monoisotopic (exact) mass is 229 g/mol. The molecule has 0 radical (unpaired) electrons. The molecule has 2 aromatic rings. The number of rotatable bonds is 1. The zero-order valence-corrected chi connectivity index (χ0v) is 11.8. The van der Waals surface area contributed by atoms with Crippen molar-refractivity contribution in [1.29, 1.82) is 0 Å². The molecule has 0 aliphatic rings. The van der Waals surface area contributed by atoms with Crippen LogP contribution in [0.4, 0.5) is 0 Å². The highest BCUT2D eigenvalue weighted by Gasteiger charge is 2.25. The van der Waals surface area contributed by atoms with E-state index >= 15 is 0 Å². The largest absolute Gasteiger partial charge is 0.341 e. The number of hydrogen-bond donors (Lipinski definition) is 0. The van der Waals surface area contributed by atoms with Crippen LogP contribution in [0.15, 0.2) is 24.3 Å². The summed E-state index contributed by atoms with van der Waals surface area (Å²) in [5, 5.41) is 1.39. The van der Waals surface area contributed by atoms with Crippen LogP contribution >= 0.6 is 0 Å². The third-order valence-corrected chi connectivity index (χ3v) is 3.39. The van der Waals surface area contributed by atoms with E-state index in [1.807, 2.05) is 0 Å². The van der Waals surface area contributed by atoms with Gasteiger partial charge in [-0.1, -0.05) is 39.0 Å². The molecular weight excluding hydrogens is 206 g/mol. The number of hydrogen-bond acceptors (Lipinski definition) is 0. The van der Waals surface area contributed by atoms with Crippen LogP contribution in [0.3, 0.4) is 0 Å². The summed E-state index contributed by atoms with van der Waals surface area (Å²) in [6.45, 7) is 13.7. The Morgan fingerprint density at radius 1 is 1.06 bits per heavy atom. The average Bonchev–Trinajstić information content (AvgIpc) is 2.52. The Morgan fingerprint density at radius 3 is 2.18 bits per heavy atom. The van der Waals surface area contributed by atoms with Gasteiger partial charge in [-0.25, -0.2) is 0 Å². The van der Waals surface area contributed by atoms with Crippen LogP contribution in [0, 0.1) is 6.92 Å². The molecule has 0 saturated heterocycles. The van der Waals surface area contributed by atoms with E-state index in [4.69, 9.17) is 0 Å². The topological polar surface area (TPSA) is 4.93 Å². The molecule has 0 atom stereocenters. The van der Waals surface area contributed by atoms with Crippen LogP contribution < -0.4 is 0 Å². The summed E-state index contributed by atoms with van der Waals surface area (Å²) in [5.74, 6) is 0. The van der Waals surface area contributed by atoms with E-state index in [0.717, 1.165) is 0 Å².